The van der Waals surface area contributed by atoms with E-state index in [-0.39, 0.29) is 19.2 Å². The fourth-order valence-corrected chi connectivity index (χ4v) is 2.94. The highest BCUT2D eigenvalue weighted by atomic mass is 35.5. The Hall–Kier alpha value is -2.89. The van der Waals surface area contributed by atoms with Crippen LogP contribution in [-0.4, -0.2) is 12.6 Å². The van der Waals surface area contributed by atoms with Gasteiger partial charge in [0.15, 0.2) is 17.3 Å². The summed E-state index contributed by atoms with van der Waals surface area (Å²) in [7, 11) is 0. The summed E-state index contributed by atoms with van der Waals surface area (Å²) < 4.78 is 21.8. The second-order valence-electron chi connectivity index (χ2n) is 5.93. The van der Waals surface area contributed by atoms with Crippen molar-refractivity contribution < 1.29 is 23.4 Å². The number of carbonyl (C=O) groups is 1. The molecular weight excluding hydrogens is 403 g/mol. The minimum Gasteiger partial charge on any atom is -0.484 e. The van der Waals surface area contributed by atoms with Gasteiger partial charge in [0.2, 0.25) is 6.79 Å². The molecule has 7 heteroatoms. The maximum atomic E-state index is 12.3. The summed E-state index contributed by atoms with van der Waals surface area (Å²) in [6.45, 7) is 0.352. The molecular formula is C21H14Cl2O5. The summed E-state index contributed by atoms with van der Waals surface area (Å²) >= 11 is 12.0. The van der Waals surface area contributed by atoms with Crippen molar-refractivity contribution in [3.05, 3.63) is 81.7 Å². The lowest BCUT2D eigenvalue weighted by atomic mass is 10.1. The highest BCUT2D eigenvalue weighted by molar-refractivity contribution is 6.34. The first-order chi connectivity index (χ1) is 13.6. The summed E-state index contributed by atoms with van der Waals surface area (Å²) in [5.41, 5.74) is 0.506. The summed E-state index contributed by atoms with van der Waals surface area (Å²) in [6.07, 6.45) is 3.04. The fourth-order valence-electron chi connectivity index (χ4n) is 2.60. The molecule has 0 saturated carbocycles. The van der Waals surface area contributed by atoms with E-state index in [1.165, 1.54) is 6.08 Å². The first kappa shape index (κ1) is 18.5. The van der Waals surface area contributed by atoms with Gasteiger partial charge in [-0.2, -0.15) is 0 Å². The zero-order chi connectivity index (χ0) is 19.5. The van der Waals surface area contributed by atoms with E-state index >= 15 is 0 Å². The van der Waals surface area contributed by atoms with Crippen LogP contribution in [-0.2, 0) is 6.61 Å². The number of carbonyl (C=O) groups excluding carboxylic acids is 1. The summed E-state index contributed by atoms with van der Waals surface area (Å²) in [5, 5.41) is 0.995. The Morgan fingerprint density at radius 3 is 2.79 bits per heavy atom. The SMILES string of the molecule is O=C(/C=C/c1ccc(COc2cc(Cl)ccc2Cl)o1)c1ccc2c(c1)OCO2. The van der Waals surface area contributed by atoms with Crippen molar-refractivity contribution >= 4 is 35.1 Å². The average Bonchev–Trinajstić information content (AvgIpc) is 3.35. The molecule has 0 saturated heterocycles. The quantitative estimate of drug-likeness (QED) is 0.375. The van der Waals surface area contributed by atoms with E-state index in [9.17, 15) is 4.79 Å². The van der Waals surface area contributed by atoms with Crippen molar-refractivity contribution in [2.45, 2.75) is 6.61 Å². The summed E-state index contributed by atoms with van der Waals surface area (Å²) in [4.78, 5) is 12.3. The molecule has 1 aromatic heterocycles. The van der Waals surface area contributed by atoms with E-state index in [0.717, 1.165) is 0 Å². The van der Waals surface area contributed by atoms with Gasteiger partial charge < -0.3 is 18.6 Å². The van der Waals surface area contributed by atoms with Gasteiger partial charge in [-0.1, -0.05) is 23.2 Å². The second-order valence-corrected chi connectivity index (χ2v) is 6.78. The number of allylic oxidation sites excluding steroid dienone is 1. The van der Waals surface area contributed by atoms with Gasteiger partial charge in [-0.15, -0.1) is 0 Å². The zero-order valence-corrected chi connectivity index (χ0v) is 16.0. The van der Waals surface area contributed by atoms with Crippen molar-refractivity contribution in [1.29, 1.82) is 0 Å². The fraction of sp³-hybridized carbons (Fsp3) is 0.0952. The van der Waals surface area contributed by atoms with Crippen LogP contribution in [0.15, 0.2) is 59.0 Å². The van der Waals surface area contributed by atoms with E-state index in [2.05, 4.69) is 0 Å². The average molecular weight is 417 g/mol. The molecule has 1 aliphatic rings. The maximum absolute atomic E-state index is 12.3. The van der Waals surface area contributed by atoms with E-state index in [4.69, 9.17) is 41.8 Å². The van der Waals surface area contributed by atoms with Crippen LogP contribution in [0.4, 0.5) is 0 Å². The van der Waals surface area contributed by atoms with Crippen LogP contribution in [0, 0.1) is 0 Å². The van der Waals surface area contributed by atoms with Gasteiger partial charge in [0, 0.05) is 16.7 Å². The van der Waals surface area contributed by atoms with Crippen molar-refractivity contribution in [1.82, 2.24) is 0 Å². The summed E-state index contributed by atoms with van der Waals surface area (Å²) in [6, 6.07) is 13.6. The Kier molecular flexibility index (Phi) is 5.28. The Morgan fingerprint density at radius 1 is 1.04 bits per heavy atom. The first-order valence-electron chi connectivity index (χ1n) is 8.37. The Balaban J connectivity index is 1.39. The lowest BCUT2D eigenvalue weighted by Crippen LogP contribution is -1.94. The van der Waals surface area contributed by atoms with Crippen molar-refractivity contribution in [3.63, 3.8) is 0 Å². The van der Waals surface area contributed by atoms with Crippen molar-refractivity contribution in [2.75, 3.05) is 6.79 Å². The molecule has 3 aromatic rings. The number of rotatable bonds is 6. The molecule has 5 nitrogen and oxygen atoms in total. The number of fused-ring (bicyclic) bond motifs is 1. The smallest absolute Gasteiger partial charge is 0.231 e. The number of hydrogen-bond donors (Lipinski definition) is 0. The number of benzene rings is 2. The second kappa shape index (κ2) is 8.00. The predicted molar refractivity (Wildman–Crippen MR) is 105 cm³/mol. The molecule has 0 radical (unpaired) electrons. The van der Waals surface area contributed by atoms with Crippen molar-refractivity contribution in [2.24, 2.45) is 0 Å². The van der Waals surface area contributed by atoms with Gasteiger partial charge in [0.1, 0.15) is 23.9 Å². The molecule has 0 N–H and O–H groups in total. The molecule has 0 fully saturated rings. The molecule has 2 heterocycles. The first-order valence-corrected chi connectivity index (χ1v) is 9.13. The number of ether oxygens (including phenoxy) is 3. The molecule has 28 heavy (non-hydrogen) atoms. The molecule has 142 valence electrons. The molecule has 0 atom stereocenters. The molecule has 0 aliphatic carbocycles. The largest absolute Gasteiger partial charge is 0.484 e. The maximum Gasteiger partial charge on any atom is 0.231 e. The topological polar surface area (TPSA) is 57.9 Å². The highest BCUT2D eigenvalue weighted by Crippen LogP contribution is 2.32. The number of halogens is 2. The third-order valence-electron chi connectivity index (χ3n) is 4.00. The van der Waals surface area contributed by atoms with Gasteiger partial charge in [-0.25, -0.2) is 0 Å². The standard InChI is InChI=1S/C21H14Cl2O5/c22-14-2-6-17(23)20(10-14)25-11-16-4-3-15(28-16)5-7-18(24)13-1-8-19-21(9-13)27-12-26-19/h1-10H,11-12H2/b7-5+. The molecule has 0 bridgehead atoms. The minimum absolute atomic E-state index is 0.167. The normalized spacial score (nSPS) is 12.5. The summed E-state index contributed by atoms with van der Waals surface area (Å²) in [5.74, 6) is 2.63. The van der Waals surface area contributed by atoms with Gasteiger partial charge >= 0.3 is 0 Å². The molecule has 4 rings (SSSR count). The van der Waals surface area contributed by atoms with Crippen LogP contribution in [0.3, 0.4) is 0 Å². The molecule has 1 aliphatic heterocycles. The van der Waals surface area contributed by atoms with Gasteiger partial charge in [-0.05, 0) is 54.6 Å². The van der Waals surface area contributed by atoms with E-state index < -0.39 is 0 Å². The third-order valence-corrected chi connectivity index (χ3v) is 4.55. The predicted octanol–water partition coefficient (Wildman–Crippen LogP) is 5.79. The van der Waals surface area contributed by atoms with E-state index in [0.29, 0.717) is 44.4 Å². The molecule has 0 amide bonds. The molecule has 2 aromatic carbocycles. The van der Waals surface area contributed by atoms with Gasteiger partial charge in [0.05, 0.1) is 5.02 Å². The van der Waals surface area contributed by atoms with Crippen LogP contribution >= 0.6 is 23.2 Å². The van der Waals surface area contributed by atoms with Crippen LogP contribution < -0.4 is 14.2 Å². The van der Waals surface area contributed by atoms with Crippen LogP contribution in [0.2, 0.25) is 10.0 Å². The van der Waals surface area contributed by atoms with Gasteiger partial charge in [-0.3, -0.25) is 4.79 Å². The van der Waals surface area contributed by atoms with Crippen LogP contribution in [0.25, 0.3) is 6.08 Å². The third kappa shape index (κ3) is 4.16. The van der Waals surface area contributed by atoms with Crippen molar-refractivity contribution in [3.8, 4) is 17.2 Å². The zero-order valence-electron chi connectivity index (χ0n) is 14.5. The molecule has 0 unspecified atom stereocenters. The molecule has 0 spiro atoms. The number of furan rings is 1. The minimum atomic E-state index is -0.168. The monoisotopic (exact) mass is 416 g/mol. The number of hydrogen-bond acceptors (Lipinski definition) is 5. The number of ketones is 1. The van der Waals surface area contributed by atoms with E-state index in [1.807, 2.05) is 0 Å². The Labute approximate surface area is 171 Å². The lowest BCUT2D eigenvalue weighted by molar-refractivity contribution is 0.104. The van der Waals surface area contributed by atoms with E-state index in [1.54, 1.807) is 54.6 Å². The van der Waals surface area contributed by atoms with Crippen LogP contribution in [0.1, 0.15) is 21.9 Å². The Bertz CT molecular complexity index is 1050. The van der Waals surface area contributed by atoms with Crippen LogP contribution in [0.5, 0.6) is 17.2 Å². The van der Waals surface area contributed by atoms with Gasteiger partial charge in [0.25, 0.3) is 0 Å². The highest BCUT2D eigenvalue weighted by Gasteiger charge is 2.15. The lowest BCUT2D eigenvalue weighted by Gasteiger charge is -2.06. The Morgan fingerprint density at radius 2 is 1.89 bits per heavy atom.